The smallest absolute Gasteiger partial charge is 0.151 e. The normalized spacial score (nSPS) is 24.8. The van der Waals surface area contributed by atoms with Crippen LogP contribution in [0.15, 0.2) is 18.2 Å². The summed E-state index contributed by atoms with van der Waals surface area (Å²) in [5, 5.41) is 3.39. The van der Waals surface area contributed by atoms with E-state index in [4.69, 9.17) is 0 Å². The summed E-state index contributed by atoms with van der Waals surface area (Å²) in [6.45, 7) is 2.84. The standard InChI is InChI=1S/C15H22N2O2S/c1-17(15-5-7-20(18,19)11-15)10-12-2-3-13-4-6-16-9-14(13)8-12/h2-3,8,15-16H,4-7,9-11H2,1H3. The van der Waals surface area contributed by atoms with Gasteiger partial charge >= 0.3 is 0 Å². The first-order chi connectivity index (χ1) is 9.53. The fourth-order valence-corrected chi connectivity index (χ4v) is 4.98. The van der Waals surface area contributed by atoms with Gasteiger partial charge in [0.15, 0.2) is 9.84 Å². The molecule has 1 aromatic carbocycles. The van der Waals surface area contributed by atoms with Crippen LogP contribution in [-0.2, 0) is 29.3 Å². The Bertz CT molecular complexity index is 598. The third-order valence-electron chi connectivity index (χ3n) is 4.42. The number of nitrogens with one attached hydrogen (secondary N) is 1. The van der Waals surface area contributed by atoms with E-state index in [0.717, 1.165) is 32.5 Å². The first-order valence-electron chi connectivity index (χ1n) is 7.25. The molecule has 0 amide bonds. The van der Waals surface area contributed by atoms with Crippen molar-refractivity contribution in [2.75, 3.05) is 25.1 Å². The summed E-state index contributed by atoms with van der Waals surface area (Å²) in [7, 11) is -0.768. The number of sulfone groups is 1. The molecule has 0 saturated carbocycles. The largest absolute Gasteiger partial charge is 0.312 e. The second-order valence-corrected chi connectivity index (χ2v) is 8.23. The lowest BCUT2D eigenvalue weighted by atomic mass is 9.98. The maximum atomic E-state index is 11.6. The van der Waals surface area contributed by atoms with Crippen LogP contribution in [0.1, 0.15) is 23.1 Å². The number of hydrogen-bond acceptors (Lipinski definition) is 4. The Hall–Kier alpha value is -0.910. The Labute approximate surface area is 121 Å². The van der Waals surface area contributed by atoms with Crippen LogP contribution in [0.2, 0.25) is 0 Å². The summed E-state index contributed by atoms with van der Waals surface area (Å²) in [6, 6.07) is 6.85. The molecular formula is C15H22N2O2S. The summed E-state index contributed by atoms with van der Waals surface area (Å²) in [5.74, 6) is 0.659. The lowest BCUT2D eigenvalue weighted by Gasteiger charge is -2.24. The van der Waals surface area contributed by atoms with Crippen LogP contribution < -0.4 is 5.32 Å². The molecule has 0 aromatic heterocycles. The molecule has 1 aromatic rings. The molecule has 0 radical (unpaired) electrons. The van der Waals surface area contributed by atoms with Crippen molar-refractivity contribution in [1.82, 2.24) is 10.2 Å². The van der Waals surface area contributed by atoms with Crippen molar-refractivity contribution in [3.05, 3.63) is 34.9 Å². The zero-order valence-corrected chi connectivity index (χ0v) is 12.7. The predicted molar refractivity (Wildman–Crippen MR) is 80.4 cm³/mol. The SMILES string of the molecule is CN(Cc1ccc2c(c1)CNCC2)C1CCS(=O)(=O)C1. The Morgan fingerprint density at radius 2 is 2.20 bits per heavy atom. The minimum absolute atomic E-state index is 0.175. The molecule has 0 bridgehead atoms. The van der Waals surface area contributed by atoms with Crippen molar-refractivity contribution in [1.29, 1.82) is 0 Å². The molecule has 3 rings (SSSR count). The van der Waals surface area contributed by atoms with Gasteiger partial charge in [0.25, 0.3) is 0 Å². The topological polar surface area (TPSA) is 49.4 Å². The van der Waals surface area contributed by atoms with Gasteiger partial charge in [-0.1, -0.05) is 18.2 Å². The highest BCUT2D eigenvalue weighted by Gasteiger charge is 2.30. The summed E-state index contributed by atoms with van der Waals surface area (Å²) < 4.78 is 23.1. The first kappa shape index (κ1) is 14.0. The minimum atomic E-state index is -2.80. The Kier molecular flexibility index (Phi) is 3.84. The lowest BCUT2D eigenvalue weighted by Crippen LogP contribution is -2.32. The summed E-state index contributed by atoms with van der Waals surface area (Å²) in [5.41, 5.74) is 4.11. The van der Waals surface area contributed by atoms with Gasteiger partial charge in [-0.2, -0.15) is 0 Å². The molecule has 1 unspecified atom stereocenters. The highest BCUT2D eigenvalue weighted by Crippen LogP contribution is 2.21. The first-order valence-corrected chi connectivity index (χ1v) is 9.08. The summed E-state index contributed by atoms with van der Waals surface area (Å²) in [4.78, 5) is 2.18. The monoisotopic (exact) mass is 294 g/mol. The molecule has 110 valence electrons. The van der Waals surface area contributed by atoms with Gasteiger partial charge in [-0.15, -0.1) is 0 Å². The molecule has 1 saturated heterocycles. The third-order valence-corrected chi connectivity index (χ3v) is 6.17. The second kappa shape index (κ2) is 5.47. The van der Waals surface area contributed by atoms with Crippen LogP contribution in [0.3, 0.4) is 0 Å². The number of hydrogen-bond donors (Lipinski definition) is 1. The van der Waals surface area contributed by atoms with E-state index < -0.39 is 9.84 Å². The number of nitrogens with zero attached hydrogens (tertiary/aromatic N) is 1. The molecule has 2 aliphatic heterocycles. The highest BCUT2D eigenvalue weighted by molar-refractivity contribution is 7.91. The average Bonchev–Trinajstić information content (AvgIpc) is 2.79. The van der Waals surface area contributed by atoms with Gasteiger partial charge in [-0.25, -0.2) is 8.42 Å². The van der Waals surface area contributed by atoms with Gasteiger partial charge in [-0.05, 0) is 43.1 Å². The Morgan fingerprint density at radius 1 is 1.35 bits per heavy atom. The van der Waals surface area contributed by atoms with Crippen molar-refractivity contribution in [3.63, 3.8) is 0 Å². The van der Waals surface area contributed by atoms with Crippen molar-refractivity contribution in [3.8, 4) is 0 Å². The third kappa shape index (κ3) is 3.05. The second-order valence-electron chi connectivity index (χ2n) is 6.00. The predicted octanol–water partition coefficient (Wildman–Crippen LogP) is 0.951. The molecule has 0 aliphatic carbocycles. The summed E-state index contributed by atoms with van der Waals surface area (Å²) in [6.07, 6.45) is 1.87. The number of rotatable bonds is 3. The molecule has 1 N–H and O–H groups in total. The fourth-order valence-electron chi connectivity index (χ4n) is 3.17. The molecule has 2 heterocycles. The van der Waals surface area contributed by atoms with E-state index in [2.05, 4.69) is 28.4 Å². The van der Waals surface area contributed by atoms with Crippen molar-refractivity contribution in [2.24, 2.45) is 0 Å². The van der Waals surface area contributed by atoms with Gasteiger partial charge in [0, 0.05) is 19.1 Å². The average molecular weight is 294 g/mol. The van der Waals surface area contributed by atoms with Crippen LogP contribution in [0.5, 0.6) is 0 Å². The fraction of sp³-hybridized carbons (Fsp3) is 0.600. The van der Waals surface area contributed by atoms with Gasteiger partial charge in [0.2, 0.25) is 0 Å². The molecule has 1 atom stereocenters. The van der Waals surface area contributed by atoms with E-state index in [1.165, 1.54) is 16.7 Å². The van der Waals surface area contributed by atoms with Crippen molar-refractivity contribution in [2.45, 2.75) is 32.0 Å². The van der Waals surface area contributed by atoms with Gasteiger partial charge in [0.05, 0.1) is 11.5 Å². The van der Waals surface area contributed by atoms with Crippen LogP contribution in [0, 0.1) is 0 Å². The molecule has 4 nitrogen and oxygen atoms in total. The lowest BCUT2D eigenvalue weighted by molar-refractivity contribution is 0.254. The molecular weight excluding hydrogens is 272 g/mol. The summed E-state index contributed by atoms with van der Waals surface area (Å²) >= 11 is 0. The van der Waals surface area contributed by atoms with E-state index in [1.54, 1.807) is 0 Å². The van der Waals surface area contributed by atoms with Crippen molar-refractivity contribution >= 4 is 9.84 Å². The minimum Gasteiger partial charge on any atom is -0.312 e. The molecule has 0 spiro atoms. The Morgan fingerprint density at radius 3 is 2.95 bits per heavy atom. The number of fused-ring (bicyclic) bond motifs is 1. The molecule has 2 aliphatic rings. The van der Waals surface area contributed by atoms with Gasteiger partial charge in [0.1, 0.15) is 0 Å². The zero-order valence-electron chi connectivity index (χ0n) is 11.9. The van der Waals surface area contributed by atoms with E-state index in [1.807, 2.05) is 7.05 Å². The molecule has 20 heavy (non-hydrogen) atoms. The Balaban J connectivity index is 1.68. The van der Waals surface area contributed by atoms with Gasteiger partial charge < -0.3 is 5.32 Å². The highest BCUT2D eigenvalue weighted by atomic mass is 32.2. The maximum absolute atomic E-state index is 11.6. The van der Waals surface area contributed by atoms with Crippen LogP contribution in [0.4, 0.5) is 0 Å². The van der Waals surface area contributed by atoms with Crippen LogP contribution in [0.25, 0.3) is 0 Å². The quantitative estimate of drug-likeness (QED) is 0.902. The van der Waals surface area contributed by atoms with E-state index in [-0.39, 0.29) is 6.04 Å². The zero-order chi connectivity index (χ0) is 14.2. The van der Waals surface area contributed by atoms with E-state index in [0.29, 0.717) is 11.5 Å². The van der Waals surface area contributed by atoms with Crippen molar-refractivity contribution < 1.29 is 8.42 Å². The van der Waals surface area contributed by atoms with Crippen LogP contribution in [-0.4, -0.2) is 44.5 Å². The van der Waals surface area contributed by atoms with Crippen LogP contribution >= 0.6 is 0 Å². The van der Waals surface area contributed by atoms with E-state index >= 15 is 0 Å². The van der Waals surface area contributed by atoms with Gasteiger partial charge in [-0.3, -0.25) is 4.90 Å². The maximum Gasteiger partial charge on any atom is 0.151 e. The number of benzene rings is 1. The molecule has 5 heteroatoms. The van der Waals surface area contributed by atoms with E-state index in [9.17, 15) is 8.42 Å². The molecule has 1 fully saturated rings.